The molecule has 0 unspecified atom stereocenters. The van der Waals surface area contributed by atoms with E-state index in [0.29, 0.717) is 23.3 Å². The van der Waals surface area contributed by atoms with Crippen LogP contribution < -0.4 is 4.74 Å². The lowest BCUT2D eigenvalue weighted by molar-refractivity contribution is -0.327. The van der Waals surface area contributed by atoms with Crippen LogP contribution in [0.1, 0.15) is 30.0 Å². The van der Waals surface area contributed by atoms with E-state index in [1.807, 2.05) is 0 Å². The van der Waals surface area contributed by atoms with Crippen LogP contribution in [0.5, 0.6) is 28.7 Å². The Hall–Kier alpha value is -5.20. The number of esters is 2. The average Bonchev–Trinajstić information content (AvgIpc) is 3.18. The minimum Gasteiger partial charge on any atom is -0.504 e. The fourth-order valence-electron chi connectivity index (χ4n) is 6.16. The number of aliphatic hydroxyl groups is 5. The highest BCUT2D eigenvalue weighted by Gasteiger charge is 2.47. The van der Waals surface area contributed by atoms with Crippen LogP contribution in [-0.4, -0.2) is 116 Å². The Morgan fingerprint density at radius 3 is 2.09 bits per heavy atom. The molecule has 302 valence electrons. The lowest BCUT2D eigenvalue weighted by Crippen LogP contribution is -2.60. The molecule has 2 aliphatic heterocycles. The van der Waals surface area contributed by atoms with Crippen molar-refractivity contribution in [3.8, 4) is 28.7 Å². The van der Waals surface area contributed by atoms with E-state index in [0.717, 1.165) is 11.8 Å². The number of carbonyl (C=O) groups excluding carboxylic acids is 2. The molecule has 2 aliphatic rings. The quantitative estimate of drug-likeness (QED) is 0.0588. The van der Waals surface area contributed by atoms with E-state index in [4.69, 9.17) is 33.5 Å². The van der Waals surface area contributed by atoms with Crippen molar-refractivity contribution in [2.45, 2.75) is 69.6 Å². The highest BCUT2D eigenvalue weighted by Crippen LogP contribution is 2.37. The van der Waals surface area contributed by atoms with Crippen molar-refractivity contribution in [1.82, 2.24) is 0 Å². The third-order valence-corrected chi connectivity index (χ3v) is 9.31. The second-order valence-electron chi connectivity index (χ2n) is 13.1. The Bertz CT molecular complexity index is 1860. The Morgan fingerprint density at radius 2 is 1.43 bits per heavy atom. The maximum Gasteiger partial charge on any atom is 0.337 e. The first-order valence-corrected chi connectivity index (χ1v) is 17.9. The molecule has 7 atom stereocenters. The van der Waals surface area contributed by atoms with Crippen LogP contribution >= 0.6 is 0 Å². The van der Waals surface area contributed by atoms with Crippen molar-refractivity contribution in [2.24, 2.45) is 5.92 Å². The lowest BCUT2D eigenvalue weighted by Gasteiger charge is -2.42. The molecule has 0 aliphatic carbocycles. The van der Waals surface area contributed by atoms with Gasteiger partial charge >= 0.3 is 11.9 Å². The summed E-state index contributed by atoms with van der Waals surface area (Å²) < 4.78 is 33.9. The van der Waals surface area contributed by atoms with E-state index in [1.54, 1.807) is 49.4 Å². The van der Waals surface area contributed by atoms with Crippen LogP contribution in [0.25, 0.3) is 0 Å². The smallest absolute Gasteiger partial charge is 0.337 e. The van der Waals surface area contributed by atoms with E-state index in [2.05, 4.69) is 0 Å². The van der Waals surface area contributed by atoms with Crippen LogP contribution in [-0.2, 0) is 52.5 Å². The molecule has 16 nitrogen and oxygen atoms in total. The maximum atomic E-state index is 13.4. The van der Waals surface area contributed by atoms with Crippen LogP contribution in [0.2, 0.25) is 0 Å². The predicted octanol–water partition coefficient (Wildman–Crippen LogP) is 2.01. The summed E-state index contributed by atoms with van der Waals surface area (Å²) in [5, 5.41) is 79.5. The van der Waals surface area contributed by atoms with Crippen molar-refractivity contribution in [3.05, 3.63) is 101 Å². The van der Waals surface area contributed by atoms with Gasteiger partial charge in [0.1, 0.15) is 30.2 Å². The van der Waals surface area contributed by atoms with E-state index in [-0.39, 0.29) is 73.2 Å². The molecule has 16 heteroatoms. The molecule has 2 heterocycles. The minimum atomic E-state index is -1.75. The van der Waals surface area contributed by atoms with Gasteiger partial charge in [0, 0.05) is 30.9 Å². The van der Waals surface area contributed by atoms with Crippen LogP contribution in [0, 0.1) is 5.92 Å². The third-order valence-electron chi connectivity index (χ3n) is 9.31. The molecular formula is C40H46O16. The minimum absolute atomic E-state index is 0.0143. The van der Waals surface area contributed by atoms with Crippen molar-refractivity contribution in [2.75, 3.05) is 26.4 Å². The standard InChI is InChI=1S/C40H46O16/c1-2-26-27(19-34(46)51-15-12-24-6-10-30(44)32(18-24)54-25-7-3-22(4-8-25)11-14-41)28(38(50)52-16-13-23-5-9-29(43)31(45)17-23)21-53-39(26)56-40-37(49)36(48)35(47)33(20-42)55-40/h2-10,17-18,21,27,33,35-37,39-45,47-49H,11-16,19-20H2,1H3/b26-2+/t27-,33+,35+,36-,37+,39-,40-/m0/s1. The van der Waals surface area contributed by atoms with Crippen LogP contribution in [0.3, 0.4) is 0 Å². The van der Waals surface area contributed by atoms with Gasteiger partial charge in [-0.3, -0.25) is 4.79 Å². The zero-order valence-electron chi connectivity index (χ0n) is 30.5. The van der Waals surface area contributed by atoms with Crippen molar-refractivity contribution >= 4 is 11.9 Å². The molecule has 0 aromatic heterocycles. The first-order valence-electron chi connectivity index (χ1n) is 17.9. The summed E-state index contributed by atoms with van der Waals surface area (Å²) in [5.74, 6) is -2.66. The summed E-state index contributed by atoms with van der Waals surface area (Å²) in [6.45, 7) is 0.696. The summed E-state index contributed by atoms with van der Waals surface area (Å²) in [6.07, 6.45) is -6.23. The molecule has 5 rings (SSSR count). The molecule has 3 aromatic rings. The van der Waals surface area contributed by atoms with E-state index >= 15 is 0 Å². The zero-order valence-corrected chi connectivity index (χ0v) is 30.5. The zero-order chi connectivity index (χ0) is 40.4. The number of ether oxygens (including phenoxy) is 6. The topological polar surface area (TPSA) is 251 Å². The maximum absolute atomic E-state index is 13.4. The normalized spacial score (nSPS) is 24.2. The average molecular weight is 783 g/mol. The number of benzene rings is 3. The van der Waals surface area contributed by atoms with Gasteiger partial charge < -0.3 is 69.3 Å². The SMILES string of the molecule is C/C=C1/[C@H](O[C@@H]2O[C@H](CO)[C@@H](O)[C@H](O)[C@H]2O)OC=C(C(=O)OCCc2ccc(O)c(O)c2)[C@H]1CC(=O)OCCc1ccc(O)c(Oc2ccc(CCO)cc2)c1. The fourth-order valence-corrected chi connectivity index (χ4v) is 6.16. The number of carbonyl (C=O) groups is 2. The Morgan fingerprint density at radius 1 is 0.768 bits per heavy atom. The summed E-state index contributed by atoms with van der Waals surface area (Å²) in [5.41, 5.74) is 2.35. The highest BCUT2D eigenvalue weighted by molar-refractivity contribution is 5.91. The van der Waals surface area contributed by atoms with Gasteiger partial charge in [0.25, 0.3) is 0 Å². The molecular weight excluding hydrogens is 736 g/mol. The first kappa shape index (κ1) is 42.0. The van der Waals surface area contributed by atoms with E-state index in [9.17, 15) is 45.3 Å². The monoisotopic (exact) mass is 782 g/mol. The van der Waals surface area contributed by atoms with Crippen molar-refractivity contribution in [3.63, 3.8) is 0 Å². The fraction of sp³-hybridized carbons (Fsp3) is 0.400. The van der Waals surface area contributed by atoms with Gasteiger partial charge in [0.05, 0.1) is 38.1 Å². The lowest BCUT2D eigenvalue weighted by atomic mass is 9.86. The van der Waals surface area contributed by atoms with Gasteiger partial charge in [-0.1, -0.05) is 30.3 Å². The Balaban J connectivity index is 1.26. The Labute approximate surface area is 322 Å². The van der Waals surface area contributed by atoms with Gasteiger partial charge in [-0.25, -0.2) is 4.79 Å². The second-order valence-corrected chi connectivity index (χ2v) is 13.1. The highest BCUT2D eigenvalue weighted by atomic mass is 16.8. The number of rotatable bonds is 16. The number of aromatic hydroxyl groups is 3. The van der Waals surface area contributed by atoms with Gasteiger partial charge in [0.15, 0.2) is 29.3 Å². The molecule has 56 heavy (non-hydrogen) atoms. The van der Waals surface area contributed by atoms with Crippen LogP contribution in [0.15, 0.2) is 84.1 Å². The molecule has 1 fully saturated rings. The van der Waals surface area contributed by atoms with E-state index < -0.39 is 61.5 Å². The number of aliphatic hydroxyl groups excluding tert-OH is 5. The van der Waals surface area contributed by atoms with Gasteiger partial charge in [-0.2, -0.15) is 0 Å². The van der Waals surface area contributed by atoms with Gasteiger partial charge in [0.2, 0.25) is 6.29 Å². The predicted molar refractivity (Wildman–Crippen MR) is 194 cm³/mol. The molecule has 0 spiro atoms. The molecule has 0 radical (unpaired) electrons. The third kappa shape index (κ3) is 10.6. The van der Waals surface area contributed by atoms with Crippen LogP contribution in [0.4, 0.5) is 0 Å². The largest absolute Gasteiger partial charge is 0.504 e. The molecule has 1 saturated heterocycles. The number of phenols is 3. The number of hydrogen-bond donors (Lipinski definition) is 8. The number of phenolic OH excluding ortho intramolecular Hbond substituents is 3. The molecule has 3 aromatic carbocycles. The first-order chi connectivity index (χ1) is 26.9. The van der Waals surface area contributed by atoms with Crippen molar-refractivity contribution in [1.29, 1.82) is 0 Å². The molecule has 0 amide bonds. The number of allylic oxidation sites excluding steroid dienone is 1. The second kappa shape index (κ2) is 19.6. The number of hydrogen-bond acceptors (Lipinski definition) is 16. The summed E-state index contributed by atoms with van der Waals surface area (Å²) >= 11 is 0. The molecule has 0 saturated carbocycles. The Kier molecular flexibility index (Phi) is 14.7. The van der Waals surface area contributed by atoms with E-state index in [1.165, 1.54) is 24.3 Å². The van der Waals surface area contributed by atoms with Gasteiger partial charge in [-0.15, -0.1) is 0 Å². The summed E-state index contributed by atoms with van der Waals surface area (Å²) in [7, 11) is 0. The molecule has 8 N–H and O–H groups in total. The molecule has 0 bridgehead atoms. The summed E-state index contributed by atoms with van der Waals surface area (Å²) in [6, 6.07) is 15.9. The van der Waals surface area contributed by atoms with Crippen molar-refractivity contribution < 1.29 is 78.9 Å². The van der Waals surface area contributed by atoms with Gasteiger partial charge in [-0.05, 0) is 66.4 Å². The summed E-state index contributed by atoms with van der Waals surface area (Å²) in [4.78, 5) is 26.8.